The number of likely N-dealkylation sites (tertiary alicyclic amines) is 1. The molecule has 1 aromatic carbocycles. The SMILES string of the molecule is COc1ccc(-c2cc(=O)n3nc(C4=CCNCC4)ccc3n2)cc1OC.Cc1cn2nc(-c3cc(=O)n4cc(N5CCN(C)[C@H](C)C5)ccc4n3)cc2c(C)n1.Cc1cn2nc(-c3cc(=O)n4cc(N5C[C@@H]6C[C@H]5CN6)ccc4n3)cc2c(C)n1.Cc1cn2nc(-c3cc(=O)n4cc(N5C[C@@H]6C[C@H]5CN6C)ccc4n3)cc2c(C)n1. The summed E-state index contributed by atoms with van der Waals surface area (Å²) in [5.74, 6) is 1.21. The van der Waals surface area contributed by atoms with Gasteiger partial charge in [-0.15, -0.1) is 0 Å². The van der Waals surface area contributed by atoms with Gasteiger partial charge in [0.1, 0.15) is 34.0 Å². The van der Waals surface area contributed by atoms with Crippen LogP contribution in [0.4, 0.5) is 17.1 Å². The molecule has 14 aromatic heterocycles. The highest BCUT2D eigenvalue weighted by molar-refractivity contribution is 5.72. The van der Waals surface area contributed by atoms with E-state index in [9.17, 15) is 19.2 Å². The standard InChI is InChI=1S/C22H23N7O.C22H25N7O.C21H21N7O.C20H20N4O3/c1-13-9-29-20(14(2)23-13)7-19(25-29)18-8-22(30)28-11-15(4-5-21(28)24-18)27-12-16-6-17(27)10-26(16)3;1-14-11-29-20(16(3)23-14)9-19(25-29)18-10-22(30)28-13-17(5-6-21(28)24-18)27-8-7-26(4)15(2)12-27;1-12-9-28-19(13(2)23-12)6-18(25-28)17-7-21(29)27-11-15(3-4-20(27)24-17)26-10-14-5-16(26)8-22-14;1-26-17-5-3-14(11-18(17)27-2)16-12-20(25)24-19(22-16)6-4-15(23-24)13-7-9-21-10-8-13/h4-5,7-9,11,16-17H,6,10,12H2,1-3H3;5-6,9-11,13,15H,7-8,12H2,1-4H3;3-4,6-7,9,11,14,16,22H,5,8,10H2,1-2H3;3-7,11-12,21H,8-10H2,1-2H3/t16-,17-;15-;14-,16-;/m010./s1. The minimum absolute atomic E-state index is 0.0959. The van der Waals surface area contributed by atoms with E-state index in [2.05, 4.69) is 115 Å². The zero-order valence-corrected chi connectivity index (χ0v) is 66.5. The lowest BCUT2D eigenvalue weighted by Gasteiger charge is -2.39. The number of aryl methyl sites for hydroxylation is 6. The lowest BCUT2D eigenvalue weighted by molar-refractivity contribution is 0.234. The fraction of sp³-hybridized carbons (Fsp3) is 0.329. The van der Waals surface area contributed by atoms with Crippen molar-refractivity contribution in [2.75, 3.05) is 102 Å². The number of hydrogen-bond acceptors (Lipinski definition) is 24. The summed E-state index contributed by atoms with van der Waals surface area (Å²) in [6.45, 7) is 22.6. The first kappa shape index (κ1) is 74.4. The van der Waals surface area contributed by atoms with Crippen molar-refractivity contribution in [2.24, 2.45) is 0 Å². The Morgan fingerprint density at radius 2 is 0.940 bits per heavy atom. The number of fused-ring (bicyclic) bond motifs is 11. The number of aromatic nitrogens is 18. The van der Waals surface area contributed by atoms with Crippen molar-refractivity contribution in [3.05, 3.63) is 234 Å². The van der Waals surface area contributed by atoms with Gasteiger partial charge in [0.15, 0.2) is 17.1 Å². The van der Waals surface area contributed by atoms with Crippen LogP contribution in [0.15, 0.2) is 172 Å². The first-order chi connectivity index (χ1) is 56.1. The van der Waals surface area contributed by atoms with Crippen molar-refractivity contribution in [2.45, 2.75) is 97.9 Å². The molecular weight excluding hydrogens is 1470 g/mol. The van der Waals surface area contributed by atoms with Crippen LogP contribution in [-0.4, -0.2) is 214 Å². The van der Waals surface area contributed by atoms with Gasteiger partial charge >= 0.3 is 0 Å². The molecule has 2 N–H and O–H groups in total. The maximum atomic E-state index is 12.9. The Labute approximate surface area is 665 Å². The van der Waals surface area contributed by atoms with Crippen LogP contribution in [-0.2, 0) is 0 Å². The van der Waals surface area contributed by atoms with E-state index in [1.165, 1.54) is 23.4 Å². The third-order valence-corrected chi connectivity index (χ3v) is 23.1. The number of likely N-dealkylation sites (N-methyl/N-ethyl adjacent to an activating group) is 2. The van der Waals surface area contributed by atoms with Gasteiger partial charge in [-0.1, -0.05) is 6.08 Å². The average molecular weight is 1560 g/mol. The summed E-state index contributed by atoms with van der Waals surface area (Å²) in [6, 6.07) is 35.8. The molecule has 0 radical (unpaired) electrons. The molecule has 0 unspecified atom stereocenters. The van der Waals surface area contributed by atoms with Gasteiger partial charge in [0.25, 0.3) is 22.2 Å². The molecule has 5 atom stereocenters. The minimum atomic E-state index is -0.221. The van der Waals surface area contributed by atoms with Crippen molar-refractivity contribution in [1.82, 2.24) is 107 Å². The largest absolute Gasteiger partial charge is 0.493 e. The molecule has 5 saturated heterocycles. The van der Waals surface area contributed by atoms with E-state index in [1.54, 1.807) is 71.3 Å². The second-order valence-electron chi connectivity index (χ2n) is 31.0. The lowest BCUT2D eigenvalue weighted by atomic mass is 10.1. The van der Waals surface area contributed by atoms with E-state index >= 15 is 0 Å². The summed E-state index contributed by atoms with van der Waals surface area (Å²) in [7, 11) is 7.50. The van der Waals surface area contributed by atoms with E-state index in [1.807, 2.05) is 139 Å². The van der Waals surface area contributed by atoms with Crippen LogP contribution >= 0.6 is 0 Å². The Morgan fingerprint density at radius 1 is 0.431 bits per heavy atom. The molecule has 15 aromatic rings. The van der Waals surface area contributed by atoms with Crippen LogP contribution in [0.3, 0.4) is 0 Å². The van der Waals surface area contributed by atoms with Crippen LogP contribution in [0.25, 0.3) is 90.1 Å². The van der Waals surface area contributed by atoms with Crippen molar-refractivity contribution >= 4 is 61.8 Å². The monoisotopic (exact) mass is 1560 g/mol. The maximum absolute atomic E-state index is 12.9. The molecule has 0 amide bonds. The molecule has 0 saturated carbocycles. The number of pyridine rings is 3. The van der Waals surface area contributed by atoms with E-state index in [0.29, 0.717) is 104 Å². The molecule has 31 nitrogen and oxygen atoms in total. The molecule has 6 aliphatic rings. The van der Waals surface area contributed by atoms with Gasteiger partial charge in [0.05, 0.1) is 129 Å². The Balaban J connectivity index is 0.000000107. The molecule has 31 heteroatoms. The number of anilines is 3. The normalized spacial score (nSPS) is 18.7. The number of ether oxygens (including phenoxy) is 2. The number of benzene rings is 1. The van der Waals surface area contributed by atoms with E-state index in [-0.39, 0.29) is 22.2 Å². The maximum Gasteiger partial charge on any atom is 0.275 e. The summed E-state index contributed by atoms with van der Waals surface area (Å²) < 4.78 is 22.2. The highest BCUT2D eigenvalue weighted by Crippen LogP contribution is 2.36. The van der Waals surface area contributed by atoms with Crippen LogP contribution < -0.4 is 57.0 Å². The van der Waals surface area contributed by atoms with Gasteiger partial charge in [0, 0.05) is 131 Å². The first-order valence-electron chi connectivity index (χ1n) is 39.2. The molecule has 21 rings (SSSR count). The van der Waals surface area contributed by atoms with Crippen LogP contribution in [0, 0.1) is 41.5 Å². The molecule has 0 spiro atoms. The molecule has 116 heavy (non-hydrogen) atoms. The smallest absolute Gasteiger partial charge is 0.275 e. The number of hydrogen-bond donors (Lipinski definition) is 2. The molecular formula is C85H89N25O6. The second kappa shape index (κ2) is 30.1. The fourth-order valence-electron chi connectivity index (χ4n) is 17.0. The predicted molar refractivity (Wildman–Crippen MR) is 446 cm³/mol. The van der Waals surface area contributed by atoms with Crippen molar-refractivity contribution in [3.8, 4) is 56.9 Å². The Bertz CT molecular complexity index is 6710. The zero-order chi connectivity index (χ0) is 80.1. The summed E-state index contributed by atoms with van der Waals surface area (Å²) in [5.41, 5.74) is 20.3. The van der Waals surface area contributed by atoms with Crippen LogP contribution in [0.5, 0.6) is 11.5 Å². The van der Waals surface area contributed by atoms with Gasteiger partial charge in [-0.2, -0.15) is 24.9 Å². The lowest BCUT2D eigenvalue weighted by Crippen LogP contribution is -2.50. The number of methoxy groups -OCH3 is 2. The molecule has 6 aliphatic heterocycles. The van der Waals surface area contributed by atoms with E-state index in [0.717, 1.165) is 150 Å². The second-order valence-corrected chi connectivity index (χ2v) is 31.0. The topological polar surface area (TPSA) is 300 Å². The molecule has 4 bridgehead atoms. The third kappa shape index (κ3) is 14.3. The third-order valence-electron chi connectivity index (χ3n) is 23.1. The number of rotatable bonds is 10. The van der Waals surface area contributed by atoms with Crippen molar-refractivity contribution in [3.63, 3.8) is 0 Å². The summed E-state index contributed by atoms with van der Waals surface area (Å²) in [4.78, 5) is 95.5. The minimum Gasteiger partial charge on any atom is -0.493 e. The van der Waals surface area contributed by atoms with E-state index < -0.39 is 0 Å². The van der Waals surface area contributed by atoms with Gasteiger partial charge < -0.3 is 39.7 Å². The first-order valence-corrected chi connectivity index (χ1v) is 39.2. The van der Waals surface area contributed by atoms with Crippen LogP contribution in [0.2, 0.25) is 0 Å². The van der Waals surface area contributed by atoms with Gasteiger partial charge in [-0.3, -0.25) is 52.2 Å². The summed E-state index contributed by atoms with van der Waals surface area (Å²) in [5, 5.41) is 25.1. The van der Waals surface area contributed by atoms with Gasteiger partial charge in [0.2, 0.25) is 0 Å². The average Bonchev–Trinajstić information content (AvgIpc) is 1.51. The van der Waals surface area contributed by atoms with Crippen molar-refractivity contribution in [1.29, 1.82) is 0 Å². The van der Waals surface area contributed by atoms with Gasteiger partial charge in [-0.25, -0.2) is 33.5 Å². The molecule has 590 valence electrons. The number of piperazine rings is 3. The highest BCUT2D eigenvalue weighted by atomic mass is 16.5. The Morgan fingerprint density at radius 3 is 1.41 bits per heavy atom. The number of nitrogens with one attached hydrogen (secondary N) is 2. The molecule has 5 fully saturated rings. The van der Waals surface area contributed by atoms with Gasteiger partial charge in [-0.05, 0) is 179 Å². The Kier molecular flexibility index (Phi) is 19.3. The molecule has 20 heterocycles. The van der Waals surface area contributed by atoms with E-state index in [4.69, 9.17) is 24.4 Å². The Hall–Kier alpha value is -13.0. The number of nitrogens with zero attached hydrogens (tertiary/aromatic N) is 23. The predicted octanol–water partition coefficient (Wildman–Crippen LogP) is 7.80. The fourth-order valence-corrected chi connectivity index (χ4v) is 17.0. The van der Waals surface area contributed by atoms with Crippen LogP contribution in [0.1, 0.15) is 66.0 Å². The quantitative estimate of drug-likeness (QED) is 0.132. The highest BCUT2D eigenvalue weighted by Gasteiger charge is 2.42. The summed E-state index contributed by atoms with van der Waals surface area (Å²) in [6.07, 6.45) is 16.7. The summed E-state index contributed by atoms with van der Waals surface area (Å²) >= 11 is 0. The van der Waals surface area contributed by atoms with Crippen molar-refractivity contribution < 1.29 is 9.47 Å². The zero-order valence-electron chi connectivity index (χ0n) is 66.5. The molecule has 0 aliphatic carbocycles.